The van der Waals surface area contributed by atoms with E-state index in [2.05, 4.69) is 10.3 Å². The van der Waals surface area contributed by atoms with Gasteiger partial charge < -0.3 is 4.57 Å². The number of hydroxylamine groups is 1. The van der Waals surface area contributed by atoms with Crippen LogP contribution in [0.25, 0.3) is 0 Å². The van der Waals surface area contributed by atoms with Crippen LogP contribution in [0.3, 0.4) is 0 Å². The normalized spacial score (nSPS) is 10.6. The van der Waals surface area contributed by atoms with Crippen LogP contribution in [0.15, 0.2) is 35.1 Å². The van der Waals surface area contributed by atoms with Crippen LogP contribution in [-0.2, 0) is 17.8 Å². The third-order valence-electron chi connectivity index (χ3n) is 3.65. The van der Waals surface area contributed by atoms with Crippen molar-refractivity contribution < 1.29 is 14.0 Å². The molecule has 1 aromatic carbocycles. The number of carbonyl (C=O) groups excluding carboxylic acids is 1. The van der Waals surface area contributed by atoms with Crippen LogP contribution in [0.1, 0.15) is 34.1 Å². The van der Waals surface area contributed by atoms with Crippen LogP contribution in [0.2, 0.25) is 0 Å². The summed E-state index contributed by atoms with van der Waals surface area (Å²) in [5, 5.41) is 0. The van der Waals surface area contributed by atoms with Gasteiger partial charge in [-0.25, -0.2) is 9.87 Å². The van der Waals surface area contributed by atoms with Crippen molar-refractivity contribution in [3.8, 4) is 0 Å². The van der Waals surface area contributed by atoms with E-state index in [1.165, 1.54) is 19.2 Å². The van der Waals surface area contributed by atoms with Gasteiger partial charge in [-0.2, -0.15) is 0 Å². The van der Waals surface area contributed by atoms with Gasteiger partial charge in [0.2, 0.25) is 0 Å². The number of carbonyl (C=O) groups is 1. The smallest absolute Gasteiger partial charge is 0.280 e. The van der Waals surface area contributed by atoms with Gasteiger partial charge in [0, 0.05) is 5.69 Å². The molecule has 0 saturated heterocycles. The van der Waals surface area contributed by atoms with E-state index in [1.54, 1.807) is 22.8 Å². The minimum atomic E-state index is -0.587. The Morgan fingerprint density at radius 1 is 1.30 bits per heavy atom. The lowest BCUT2D eigenvalue weighted by Crippen LogP contribution is -2.34. The molecule has 1 N–H and O–H groups in total. The Kier molecular flexibility index (Phi) is 5.28. The lowest BCUT2D eigenvalue weighted by Gasteiger charge is -2.16. The molecule has 6 heteroatoms. The predicted octanol–water partition coefficient (Wildman–Crippen LogP) is 2.20. The monoisotopic (exact) mass is 318 g/mol. The van der Waals surface area contributed by atoms with Gasteiger partial charge in [-0.1, -0.05) is 19.1 Å². The fourth-order valence-corrected chi connectivity index (χ4v) is 2.56. The maximum atomic E-state index is 13.0. The SMILES string of the molecule is CCc1c(C)cc(C(=O)NOC)c(=O)n1Cc1ccc(F)cc1. The van der Waals surface area contributed by atoms with E-state index in [9.17, 15) is 14.0 Å². The number of aryl methyl sites for hydroxylation is 1. The fourth-order valence-electron chi connectivity index (χ4n) is 2.56. The zero-order valence-electron chi connectivity index (χ0n) is 13.4. The number of amides is 1. The summed E-state index contributed by atoms with van der Waals surface area (Å²) in [6.07, 6.45) is 0.647. The van der Waals surface area contributed by atoms with E-state index in [1.807, 2.05) is 13.8 Å². The summed E-state index contributed by atoms with van der Waals surface area (Å²) in [4.78, 5) is 29.2. The summed E-state index contributed by atoms with van der Waals surface area (Å²) in [6, 6.07) is 7.51. The highest BCUT2D eigenvalue weighted by atomic mass is 19.1. The van der Waals surface area contributed by atoms with Crippen LogP contribution >= 0.6 is 0 Å². The van der Waals surface area contributed by atoms with E-state index < -0.39 is 11.5 Å². The molecule has 0 aliphatic heterocycles. The number of hydrogen-bond donors (Lipinski definition) is 1. The molecule has 23 heavy (non-hydrogen) atoms. The summed E-state index contributed by atoms with van der Waals surface area (Å²) < 4.78 is 14.6. The zero-order valence-corrected chi connectivity index (χ0v) is 13.4. The van der Waals surface area contributed by atoms with Crippen molar-refractivity contribution in [1.82, 2.24) is 10.0 Å². The number of rotatable bonds is 5. The maximum Gasteiger partial charge on any atom is 0.280 e. The second-order valence-electron chi connectivity index (χ2n) is 5.19. The molecule has 1 amide bonds. The first-order valence-electron chi connectivity index (χ1n) is 7.29. The number of aromatic nitrogens is 1. The van der Waals surface area contributed by atoms with Crippen molar-refractivity contribution in [2.75, 3.05) is 7.11 Å². The first-order chi connectivity index (χ1) is 11.0. The summed E-state index contributed by atoms with van der Waals surface area (Å²) in [5.74, 6) is -0.919. The van der Waals surface area contributed by atoms with Gasteiger partial charge in [0.15, 0.2) is 0 Å². The second kappa shape index (κ2) is 7.19. The molecule has 1 aromatic heterocycles. The van der Waals surface area contributed by atoms with E-state index in [4.69, 9.17) is 0 Å². The van der Waals surface area contributed by atoms with Crippen LogP contribution in [-0.4, -0.2) is 17.6 Å². The van der Waals surface area contributed by atoms with Gasteiger partial charge in [0.25, 0.3) is 11.5 Å². The molecule has 0 aliphatic rings. The van der Waals surface area contributed by atoms with Crippen molar-refractivity contribution in [1.29, 1.82) is 0 Å². The van der Waals surface area contributed by atoms with Crippen LogP contribution < -0.4 is 11.0 Å². The van der Waals surface area contributed by atoms with Crippen LogP contribution in [0, 0.1) is 12.7 Å². The zero-order chi connectivity index (χ0) is 17.0. The molecule has 122 valence electrons. The Hall–Kier alpha value is -2.47. The summed E-state index contributed by atoms with van der Waals surface area (Å²) in [7, 11) is 1.31. The maximum absolute atomic E-state index is 13.0. The van der Waals surface area contributed by atoms with Gasteiger partial charge in [0.1, 0.15) is 11.4 Å². The van der Waals surface area contributed by atoms with Crippen molar-refractivity contribution >= 4 is 5.91 Å². The molecule has 2 rings (SSSR count). The molecule has 1 heterocycles. The van der Waals surface area contributed by atoms with Gasteiger partial charge in [0.05, 0.1) is 13.7 Å². The molecule has 0 aliphatic carbocycles. The molecule has 0 unspecified atom stereocenters. The molecule has 0 bridgehead atoms. The molecule has 2 aromatic rings. The molecule has 0 fully saturated rings. The molecular formula is C17H19FN2O3. The average Bonchev–Trinajstić information content (AvgIpc) is 2.53. The van der Waals surface area contributed by atoms with Crippen molar-refractivity contribution in [2.24, 2.45) is 0 Å². The van der Waals surface area contributed by atoms with Crippen molar-refractivity contribution in [2.45, 2.75) is 26.8 Å². The molecule has 5 nitrogen and oxygen atoms in total. The lowest BCUT2D eigenvalue weighted by molar-refractivity contribution is 0.0535. The summed E-state index contributed by atoms with van der Waals surface area (Å²) in [6.45, 7) is 4.07. The lowest BCUT2D eigenvalue weighted by atomic mass is 10.1. The number of nitrogens with one attached hydrogen (secondary N) is 1. The van der Waals surface area contributed by atoms with E-state index in [-0.39, 0.29) is 17.9 Å². The minimum Gasteiger partial charge on any atom is -0.307 e. The van der Waals surface area contributed by atoms with E-state index >= 15 is 0 Å². The number of pyridine rings is 1. The van der Waals surface area contributed by atoms with Gasteiger partial charge in [-0.05, 0) is 42.7 Å². The van der Waals surface area contributed by atoms with Gasteiger partial charge >= 0.3 is 0 Å². The topological polar surface area (TPSA) is 60.3 Å². The van der Waals surface area contributed by atoms with E-state index in [0.29, 0.717) is 6.42 Å². The average molecular weight is 318 g/mol. The van der Waals surface area contributed by atoms with E-state index in [0.717, 1.165) is 16.8 Å². The Morgan fingerprint density at radius 2 is 1.96 bits per heavy atom. The number of hydrogen-bond acceptors (Lipinski definition) is 3. The first-order valence-corrected chi connectivity index (χ1v) is 7.29. The second-order valence-corrected chi connectivity index (χ2v) is 5.19. The minimum absolute atomic E-state index is 0.0173. The van der Waals surface area contributed by atoms with Crippen molar-refractivity contribution in [3.05, 3.63) is 68.9 Å². The van der Waals surface area contributed by atoms with Crippen molar-refractivity contribution in [3.63, 3.8) is 0 Å². The quantitative estimate of drug-likeness (QED) is 0.860. The number of halogens is 1. The first kappa shape index (κ1) is 16.9. The Balaban J connectivity index is 2.53. The number of nitrogens with zero attached hydrogens (tertiary/aromatic N) is 1. The fraction of sp³-hybridized carbons (Fsp3) is 0.294. The molecular weight excluding hydrogens is 299 g/mol. The number of benzene rings is 1. The standard InChI is InChI=1S/C17H19FN2O3/c1-4-15-11(2)9-14(16(21)19-23-3)17(22)20(15)10-12-5-7-13(18)8-6-12/h5-9H,4,10H2,1-3H3,(H,19,21). The summed E-state index contributed by atoms with van der Waals surface area (Å²) in [5.41, 5.74) is 4.25. The highest BCUT2D eigenvalue weighted by molar-refractivity contribution is 5.93. The van der Waals surface area contributed by atoms with Gasteiger partial charge in [-0.15, -0.1) is 0 Å². The molecule has 0 radical (unpaired) electrons. The van der Waals surface area contributed by atoms with Crippen LogP contribution in [0.5, 0.6) is 0 Å². The van der Waals surface area contributed by atoms with Crippen LogP contribution in [0.4, 0.5) is 4.39 Å². The molecule has 0 saturated carbocycles. The Labute approximate surface area is 133 Å². The highest BCUT2D eigenvalue weighted by Gasteiger charge is 2.17. The molecule has 0 spiro atoms. The Bertz CT molecular complexity index is 767. The van der Waals surface area contributed by atoms with Gasteiger partial charge in [-0.3, -0.25) is 14.4 Å². The predicted molar refractivity (Wildman–Crippen MR) is 84.8 cm³/mol. The highest BCUT2D eigenvalue weighted by Crippen LogP contribution is 2.12. The third-order valence-corrected chi connectivity index (χ3v) is 3.65. The Morgan fingerprint density at radius 3 is 2.52 bits per heavy atom. The largest absolute Gasteiger partial charge is 0.307 e. The summed E-state index contributed by atoms with van der Waals surface area (Å²) >= 11 is 0. The molecule has 0 atom stereocenters. The third kappa shape index (κ3) is 3.65.